The van der Waals surface area contributed by atoms with E-state index in [1.165, 1.54) is 12.1 Å². The first-order valence-electron chi connectivity index (χ1n) is 10.1. The molecule has 0 spiro atoms. The summed E-state index contributed by atoms with van der Waals surface area (Å²) in [5.41, 5.74) is 0.742. The summed E-state index contributed by atoms with van der Waals surface area (Å²) in [5, 5.41) is 12.3. The molecule has 0 bridgehead atoms. The van der Waals surface area contributed by atoms with Crippen LogP contribution in [0.2, 0.25) is 0 Å². The van der Waals surface area contributed by atoms with Gasteiger partial charge in [0.1, 0.15) is 11.6 Å². The van der Waals surface area contributed by atoms with E-state index in [4.69, 9.17) is 0 Å². The molecule has 0 aliphatic carbocycles. The summed E-state index contributed by atoms with van der Waals surface area (Å²) in [6.45, 7) is 2.08. The second-order valence-electron chi connectivity index (χ2n) is 7.52. The molecule has 0 fully saturated rings. The van der Waals surface area contributed by atoms with E-state index in [0.717, 1.165) is 43.0 Å². The van der Waals surface area contributed by atoms with Crippen LogP contribution in [0.5, 0.6) is 5.75 Å². The van der Waals surface area contributed by atoms with Gasteiger partial charge in [0, 0.05) is 11.6 Å². The maximum absolute atomic E-state index is 15.1. The van der Waals surface area contributed by atoms with Gasteiger partial charge in [0.05, 0.1) is 11.1 Å². The molecule has 0 amide bonds. The maximum atomic E-state index is 15.1. The van der Waals surface area contributed by atoms with Gasteiger partial charge in [-0.05, 0) is 54.5 Å². The lowest BCUT2D eigenvalue weighted by molar-refractivity contribution is -0.137. The van der Waals surface area contributed by atoms with E-state index in [0.29, 0.717) is 11.1 Å². The Hall–Kier alpha value is -2.89. The first kappa shape index (κ1) is 22.8. The number of alkyl halides is 3. The van der Waals surface area contributed by atoms with Crippen molar-refractivity contribution in [3.8, 4) is 16.9 Å². The summed E-state index contributed by atoms with van der Waals surface area (Å²) >= 11 is 0. The number of unbranched alkanes of at least 4 members (excludes halogenated alkanes) is 1. The van der Waals surface area contributed by atoms with Gasteiger partial charge < -0.3 is 0 Å². The van der Waals surface area contributed by atoms with Gasteiger partial charge >= 0.3 is 6.18 Å². The smallest absolute Gasteiger partial charge is 0.289 e. The van der Waals surface area contributed by atoms with Crippen molar-refractivity contribution in [1.82, 2.24) is 0 Å². The molecule has 0 aromatic heterocycles. The van der Waals surface area contributed by atoms with Crippen molar-refractivity contribution < 1.29 is 27.1 Å². The molecular weight excluding hydrogens is 411 g/mol. The van der Waals surface area contributed by atoms with Gasteiger partial charge in [0.25, 0.3) is 0 Å². The molecule has 0 unspecified atom stereocenters. The van der Waals surface area contributed by atoms with Crippen LogP contribution in [0.15, 0.2) is 54.6 Å². The number of hydrogen-bond donors (Lipinski definition) is 0. The van der Waals surface area contributed by atoms with Gasteiger partial charge in [-0.3, -0.25) is 5.11 Å². The third kappa shape index (κ3) is 5.43. The first-order chi connectivity index (χ1) is 14.7. The number of benzene rings is 3. The fourth-order valence-electron chi connectivity index (χ4n) is 3.49. The molecule has 0 saturated heterocycles. The predicted molar refractivity (Wildman–Crippen MR) is 109 cm³/mol. The van der Waals surface area contributed by atoms with E-state index in [1.54, 1.807) is 12.1 Å². The molecule has 3 rings (SSSR count). The zero-order chi connectivity index (χ0) is 22.6. The molecule has 0 N–H and O–H groups in total. The van der Waals surface area contributed by atoms with Crippen molar-refractivity contribution >= 4 is 0 Å². The van der Waals surface area contributed by atoms with Crippen LogP contribution in [0.1, 0.15) is 42.0 Å². The molecule has 3 aromatic rings. The Bertz CT molecular complexity index is 1020. The zero-order valence-electron chi connectivity index (χ0n) is 17.0. The Labute approximate surface area is 178 Å². The number of hydrogen-bond acceptors (Lipinski definition) is 0. The van der Waals surface area contributed by atoms with Gasteiger partial charge in [-0.2, -0.15) is 13.2 Å². The van der Waals surface area contributed by atoms with Crippen molar-refractivity contribution in [2.45, 2.75) is 45.2 Å². The summed E-state index contributed by atoms with van der Waals surface area (Å²) in [6.07, 6.45) is -1.44. The van der Waals surface area contributed by atoms with Crippen molar-refractivity contribution in [3.63, 3.8) is 0 Å². The Morgan fingerprint density at radius 3 is 1.97 bits per heavy atom. The first-order valence-corrected chi connectivity index (χ1v) is 10.1. The second kappa shape index (κ2) is 9.50. The molecule has 0 aliphatic heterocycles. The predicted octanol–water partition coefficient (Wildman–Crippen LogP) is 7.92. The summed E-state index contributed by atoms with van der Waals surface area (Å²) < 4.78 is 67.5. The molecule has 1 nitrogen and oxygen atoms in total. The molecule has 6 heteroatoms. The zero-order valence-corrected chi connectivity index (χ0v) is 17.0. The maximum Gasteiger partial charge on any atom is 0.416 e. The van der Waals surface area contributed by atoms with Crippen molar-refractivity contribution in [2.75, 3.05) is 0 Å². The van der Waals surface area contributed by atoms with E-state index in [2.05, 4.69) is 6.92 Å². The van der Waals surface area contributed by atoms with Crippen molar-refractivity contribution in [1.29, 1.82) is 0 Å². The van der Waals surface area contributed by atoms with Crippen LogP contribution in [-0.2, 0) is 30.5 Å². The standard InChI is InChI=1S/C25H22F5O/c1-2-3-4-16-5-10-18(11-6-16)23-22(31)15-21(26)20(24(23)27)14-9-17-7-12-19(13-8-17)25(28,29)30/h5-8,10-13,15H,2-4,9,14H2,1H3. The molecule has 0 saturated carbocycles. The van der Waals surface area contributed by atoms with Gasteiger partial charge in [0.2, 0.25) is 0 Å². The minimum Gasteiger partial charge on any atom is -0.289 e. The highest BCUT2D eigenvalue weighted by Crippen LogP contribution is 2.36. The Morgan fingerprint density at radius 2 is 1.39 bits per heavy atom. The lowest BCUT2D eigenvalue weighted by atomic mass is 9.95. The third-order valence-electron chi connectivity index (χ3n) is 5.28. The Kier molecular flexibility index (Phi) is 6.98. The van der Waals surface area contributed by atoms with Crippen LogP contribution in [0.25, 0.3) is 11.1 Å². The summed E-state index contributed by atoms with van der Waals surface area (Å²) in [7, 11) is 0. The van der Waals surface area contributed by atoms with Gasteiger partial charge in [-0.1, -0.05) is 49.7 Å². The molecule has 31 heavy (non-hydrogen) atoms. The highest BCUT2D eigenvalue weighted by Gasteiger charge is 2.30. The molecule has 3 aromatic carbocycles. The molecule has 0 atom stereocenters. The quantitative estimate of drug-likeness (QED) is 0.337. The van der Waals surface area contributed by atoms with Gasteiger partial charge in [-0.15, -0.1) is 0 Å². The number of aryl methyl sites for hydroxylation is 2. The molecule has 0 heterocycles. The fourth-order valence-corrected chi connectivity index (χ4v) is 3.49. The van der Waals surface area contributed by atoms with Crippen LogP contribution >= 0.6 is 0 Å². The van der Waals surface area contributed by atoms with Crippen LogP contribution < -0.4 is 0 Å². The number of halogens is 5. The minimum atomic E-state index is -4.44. The average Bonchev–Trinajstić information content (AvgIpc) is 2.72. The van der Waals surface area contributed by atoms with Crippen molar-refractivity contribution in [2.24, 2.45) is 0 Å². The largest absolute Gasteiger partial charge is 0.416 e. The van der Waals surface area contributed by atoms with E-state index in [-0.39, 0.29) is 24.0 Å². The second-order valence-corrected chi connectivity index (χ2v) is 7.52. The van der Waals surface area contributed by atoms with Crippen LogP contribution in [0.4, 0.5) is 22.0 Å². The lowest BCUT2D eigenvalue weighted by Crippen LogP contribution is -2.05. The highest BCUT2D eigenvalue weighted by molar-refractivity contribution is 5.72. The lowest BCUT2D eigenvalue weighted by Gasteiger charge is -2.12. The third-order valence-corrected chi connectivity index (χ3v) is 5.28. The van der Waals surface area contributed by atoms with Crippen LogP contribution in [0, 0.1) is 11.6 Å². The molecule has 0 aliphatic rings. The van der Waals surface area contributed by atoms with E-state index < -0.39 is 29.1 Å². The van der Waals surface area contributed by atoms with Gasteiger partial charge in [0.15, 0.2) is 5.75 Å². The van der Waals surface area contributed by atoms with E-state index in [9.17, 15) is 22.7 Å². The number of rotatable bonds is 7. The summed E-state index contributed by atoms with van der Waals surface area (Å²) in [6, 6.07) is 12.2. The fraction of sp³-hybridized carbons (Fsp3) is 0.280. The van der Waals surface area contributed by atoms with Crippen molar-refractivity contribution in [3.05, 3.63) is 88.5 Å². The highest BCUT2D eigenvalue weighted by atomic mass is 19.4. The minimum absolute atomic E-state index is 0.0785. The molecule has 1 radical (unpaired) electrons. The SMILES string of the molecule is CCCCc1ccc(-c2c([O])cc(F)c(CCc3ccc(C(F)(F)F)cc3)c2F)cc1. The Balaban J connectivity index is 1.83. The molecular formula is C25H22F5O. The van der Waals surface area contributed by atoms with Gasteiger partial charge in [-0.25, -0.2) is 8.78 Å². The van der Waals surface area contributed by atoms with Crippen LogP contribution in [-0.4, -0.2) is 0 Å². The normalized spacial score (nSPS) is 11.7. The summed E-state index contributed by atoms with van der Waals surface area (Å²) in [5.74, 6) is -2.61. The topological polar surface area (TPSA) is 19.9 Å². The Morgan fingerprint density at radius 1 is 0.806 bits per heavy atom. The summed E-state index contributed by atoms with van der Waals surface area (Å²) in [4.78, 5) is 0. The van der Waals surface area contributed by atoms with E-state index >= 15 is 4.39 Å². The molecule has 163 valence electrons. The average molecular weight is 433 g/mol. The van der Waals surface area contributed by atoms with Crippen LogP contribution in [0.3, 0.4) is 0 Å². The monoisotopic (exact) mass is 433 g/mol. The van der Waals surface area contributed by atoms with E-state index in [1.807, 2.05) is 12.1 Å².